The van der Waals surface area contributed by atoms with Gasteiger partial charge in [-0.3, -0.25) is 0 Å². The molecule has 1 aromatic carbocycles. The summed E-state index contributed by atoms with van der Waals surface area (Å²) in [6.45, 7) is 0.893. The second-order valence-electron chi connectivity index (χ2n) is 5.69. The summed E-state index contributed by atoms with van der Waals surface area (Å²) in [6, 6.07) is 8.29. The minimum absolute atomic E-state index is 0.253. The van der Waals surface area contributed by atoms with Crippen molar-refractivity contribution in [2.75, 3.05) is 6.54 Å². The van der Waals surface area contributed by atoms with E-state index in [-0.39, 0.29) is 6.04 Å². The Morgan fingerprint density at radius 2 is 2.17 bits per heavy atom. The van der Waals surface area contributed by atoms with E-state index in [2.05, 4.69) is 11.4 Å². The van der Waals surface area contributed by atoms with Gasteiger partial charge in [-0.15, -0.1) is 0 Å². The highest BCUT2D eigenvalue weighted by atomic mass is 35.5. The second kappa shape index (κ2) is 4.84. The van der Waals surface area contributed by atoms with Crippen LogP contribution in [0.2, 0.25) is 5.02 Å². The highest BCUT2D eigenvalue weighted by Gasteiger charge is 2.45. The number of nitrogens with one attached hydrogen (secondary N) is 1. The van der Waals surface area contributed by atoms with Gasteiger partial charge < -0.3 is 10.4 Å². The Morgan fingerprint density at radius 1 is 1.28 bits per heavy atom. The lowest BCUT2D eigenvalue weighted by Gasteiger charge is -2.48. The Bertz CT molecular complexity index is 432. The van der Waals surface area contributed by atoms with Crippen LogP contribution in [0.1, 0.15) is 43.7 Å². The predicted molar refractivity (Wildman–Crippen MR) is 73.7 cm³/mol. The fourth-order valence-corrected chi connectivity index (χ4v) is 3.87. The lowest BCUT2D eigenvalue weighted by Crippen LogP contribution is -2.53. The van der Waals surface area contributed by atoms with Gasteiger partial charge in [0.05, 0.1) is 5.60 Å². The summed E-state index contributed by atoms with van der Waals surface area (Å²) in [4.78, 5) is 0. The van der Waals surface area contributed by atoms with Gasteiger partial charge in [-0.05, 0) is 43.5 Å². The lowest BCUT2D eigenvalue weighted by atomic mass is 9.67. The number of piperidine rings is 1. The minimum atomic E-state index is -0.462. The first-order valence-electron chi connectivity index (χ1n) is 6.90. The molecule has 0 unspecified atom stereocenters. The molecule has 3 heteroatoms. The van der Waals surface area contributed by atoms with Crippen molar-refractivity contribution >= 4 is 11.6 Å². The molecule has 3 atom stereocenters. The van der Waals surface area contributed by atoms with Crippen molar-refractivity contribution in [2.45, 2.75) is 43.7 Å². The third-order valence-corrected chi connectivity index (χ3v) is 4.83. The highest BCUT2D eigenvalue weighted by Crippen LogP contribution is 2.45. The molecular formula is C15H20ClNO. The fourth-order valence-electron chi connectivity index (χ4n) is 3.67. The largest absolute Gasteiger partial charge is 0.389 e. The standard InChI is InChI=1S/C15H20ClNO/c16-12-5-3-4-11(10-12)14-13-6-1-2-7-15(13,18)8-9-17-14/h3-5,10,13-14,17-18H,1-2,6-9H2/t13-,14+,15+/m0/s1. The quantitative estimate of drug-likeness (QED) is 0.817. The molecule has 1 aromatic rings. The number of rotatable bonds is 1. The lowest BCUT2D eigenvalue weighted by molar-refractivity contribution is -0.0861. The zero-order valence-corrected chi connectivity index (χ0v) is 11.3. The average molecular weight is 266 g/mol. The molecule has 2 aliphatic rings. The van der Waals surface area contributed by atoms with Crippen molar-refractivity contribution in [1.29, 1.82) is 0 Å². The molecular weight excluding hydrogens is 246 g/mol. The maximum Gasteiger partial charge on any atom is 0.0706 e. The minimum Gasteiger partial charge on any atom is -0.389 e. The van der Waals surface area contributed by atoms with Crippen molar-refractivity contribution in [1.82, 2.24) is 5.32 Å². The molecule has 2 fully saturated rings. The molecule has 2 N–H and O–H groups in total. The first kappa shape index (κ1) is 12.5. The van der Waals surface area contributed by atoms with E-state index in [0.29, 0.717) is 5.92 Å². The Morgan fingerprint density at radius 3 is 3.00 bits per heavy atom. The number of benzene rings is 1. The molecule has 1 saturated carbocycles. The summed E-state index contributed by atoms with van der Waals surface area (Å²) < 4.78 is 0. The molecule has 0 aromatic heterocycles. The average Bonchev–Trinajstić information content (AvgIpc) is 2.37. The monoisotopic (exact) mass is 265 g/mol. The van der Waals surface area contributed by atoms with Crippen molar-refractivity contribution in [2.24, 2.45) is 5.92 Å². The number of halogens is 1. The van der Waals surface area contributed by atoms with Crippen LogP contribution in [0.25, 0.3) is 0 Å². The normalized spacial score (nSPS) is 36.1. The maximum atomic E-state index is 10.8. The number of aliphatic hydroxyl groups is 1. The second-order valence-corrected chi connectivity index (χ2v) is 6.13. The molecule has 0 amide bonds. The van der Waals surface area contributed by atoms with E-state index in [9.17, 15) is 5.11 Å². The van der Waals surface area contributed by atoms with Crippen LogP contribution in [-0.4, -0.2) is 17.3 Å². The Labute approximate surface area is 113 Å². The molecule has 1 aliphatic heterocycles. The third-order valence-electron chi connectivity index (χ3n) is 4.60. The zero-order chi connectivity index (χ0) is 12.6. The van der Waals surface area contributed by atoms with Crippen molar-refractivity contribution < 1.29 is 5.11 Å². The van der Waals surface area contributed by atoms with Gasteiger partial charge in [-0.2, -0.15) is 0 Å². The molecule has 18 heavy (non-hydrogen) atoms. The predicted octanol–water partition coefficient (Wildman–Crippen LogP) is 3.30. The van der Waals surface area contributed by atoms with Crippen LogP contribution in [0.3, 0.4) is 0 Å². The van der Waals surface area contributed by atoms with Crippen molar-refractivity contribution in [3.05, 3.63) is 34.9 Å². The first-order valence-corrected chi connectivity index (χ1v) is 7.28. The summed E-state index contributed by atoms with van der Waals surface area (Å²) in [5, 5.41) is 15.2. The van der Waals surface area contributed by atoms with Crippen LogP contribution < -0.4 is 5.32 Å². The summed E-state index contributed by atoms with van der Waals surface area (Å²) in [5.41, 5.74) is 0.753. The third kappa shape index (κ3) is 2.18. The number of hydrogen-bond donors (Lipinski definition) is 2. The van der Waals surface area contributed by atoms with E-state index in [0.717, 1.165) is 37.3 Å². The molecule has 2 nitrogen and oxygen atoms in total. The van der Waals surface area contributed by atoms with Crippen molar-refractivity contribution in [3.63, 3.8) is 0 Å². The smallest absolute Gasteiger partial charge is 0.0706 e. The van der Waals surface area contributed by atoms with Gasteiger partial charge in [0.15, 0.2) is 0 Å². The molecule has 0 spiro atoms. The summed E-state index contributed by atoms with van der Waals surface area (Å²) >= 11 is 6.08. The SMILES string of the molecule is O[C@@]12CCCC[C@H]1[C@@H](c1cccc(Cl)c1)NCC2. The van der Waals surface area contributed by atoms with E-state index in [1.807, 2.05) is 18.2 Å². The molecule has 1 saturated heterocycles. The highest BCUT2D eigenvalue weighted by molar-refractivity contribution is 6.30. The summed E-state index contributed by atoms with van der Waals surface area (Å²) in [7, 11) is 0. The van der Waals surface area contributed by atoms with Crippen LogP contribution in [0.5, 0.6) is 0 Å². The molecule has 98 valence electrons. The fraction of sp³-hybridized carbons (Fsp3) is 0.600. The molecule has 1 heterocycles. The van der Waals surface area contributed by atoms with E-state index in [1.54, 1.807) is 0 Å². The van der Waals surface area contributed by atoms with Crippen LogP contribution in [0, 0.1) is 5.92 Å². The van der Waals surface area contributed by atoms with E-state index in [1.165, 1.54) is 12.0 Å². The van der Waals surface area contributed by atoms with Gasteiger partial charge in [0.25, 0.3) is 0 Å². The number of fused-ring (bicyclic) bond motifs is 1. The van der Waals surface area contributed by atoms with Crippen LogP contribution in [-0.2, 0) is 0 Å². The summed E-state index contributed by atoms with van der Waals surface area (Å²) in [6.07, 6.45) is 5.34. The first-order chi connectivity index (χ1) is 8.69. The molecule has 1 aliphatic carbocycles. The zero-order valence-electron chi connectivity index (χ0n) is 10.5. The van der Waals surface area contributed by atoms with E-state index < -0.39 is 5.60 Å². The van der Waals surface area contributed by atoms with Gasteiger partial charge in [0.2, 0.25) is 0 Å². The van der Waals surface area contributed by atoms with Crippen LogP contribution >= 0.6 is 11.6 Å². The van der Waals surface area contributed by atoms with Gasteiger partial charge >= 0.3 is 0 Å². The van der Waals surface area contributed by atoms with E-state index >= 15 is 0 Å². The molecule has 0 bridgehead atoms. The molecule has 0 radical (unpaired) electrons. The Kier molecular flexibility index (Phi) is 3.35. The van der Waals surface area contributed by atoms with Gasteiger partial charge in [0.1, 0.15) is 0 Å². The Balaban J connectivity index is 1.91. The topological polar surface area (TPSA) is 32.3 Å². The van der Waals surface area contributed by atoms with Gasteiger partial charge in [0, 0.05) is 17.0 Å². The summed E-state index contributed by atoms with van der Waals surface area (Å²) in [5.74, 6) is 0.332. The Hall–Kier alpha value is -0.570. The van der Waals surface area contributed by atoms with Gasteiger partial charge in [-0.1, -0.05) is 36.6 Å². The van der Waals surface area contributed by atoms with Gasteiger partial charge in [-0.25, -0.2) is 0 Å². The maximum absolute atomic E-state index is 10.8. The van der Waals surface area contributed by atoms with Crippen LogP contribution in [0.4, 0.5) is 0 Å². The van der Waals surface area contributed by atoms with Crippen LogP contribution in [0.15, 0.2) is 24.3 Å². The number of hydrogen-bond acceptors (Lipinski definition) is 2. The molecule has 3 rings (SSSR count). The van der Waals surface area contributed by atoms with Crippen molar-refractivity contribution in [3.8, 4) is 0 Å². The van der Waals surface area contributed by atoms with E-state index in [4.69, 9.17) is 11.6 Å².